The van der Waals surface area contributed by atoms with Crippen LogP contribution in [-0.2, 0) is 10.0 Å². The second-order valence-corrected chi connectivity index (χ2v) is 6.97. The smallest absolute Gasteiger partial charge is 0.420 e. The summed E-state index contributed by atoms with van der Waals surface area (Å²) in [5.41, 5.74) is -3.40. The molecule has 0 aliphatic carbocycles. The Bertz CT molecular complexity index is 811. The fourth-order valence-corrected chi connectivity index (χ4v) is 2.75. The Morgan fingerprint density at radius 2 is 1.54 bits per heavy atom. The van der Waals surface area contributed by atoms with E-state index in [9.17, 15) is 39.6 Å². The van der Waals surface area contributed by atoms with Crippen LogP contribution in [0.2, 0.25) is 0 Å². The second kappa shape index (κ2) is 7.90. The number of sulfonamides is 1. The van der Waals surface area contributed by atoms with Crippen molar-refractivity contribution in [1.82, 2.24) is 15.6 Å². The summed E-state index contributed by atoms with van der Waals surface area (Å²) < 4.78 is 111. The van der Waals surface area contributed by atoms with Gasteiger partial charge >= 0.3 is 18.4 Å². The van der Waals surface area contributed by atoms with E-state index in [1.165, 1.54) is 29.5 Å². The van der Waals surface area contributed by atoms with E-state index in [2.05, 4.69) is 0 Å². The fourth-order valence-electron chi connectivity index (χ4n) is 1.72. The van der Waals surface area contributed by atoms with Crippen LogP contribution in [0.3, 0.4) is 0 Å². The minimum absolute atomic E-state index is 0.0485. The van der Waals surface area contributed by atoms with Crippen molar-refractivity contribution in [2.75, 3.05) is 14.2 Å². The van der Waals surface area contributed by atoms with Crippen LogP contribution in [0.4, 0.5) is 31.1 Å². The molecule has 1 aromatic carbocycles. The first-order valence-corrected chi connectivity index (χ1v) is 8.53. The van der Waals surface area contributed by atoms with Crippen molar-refractivity contribution in [2.24, 2.45) is 0 Å². The minimum Gasteiger partial charge on any atom is -0.497 e. The third kappa shape index (κ3) is 4.89. The lowest BCUT2D eigenvalue weighted by molar-refractivity contribution is -0.297. The number of rotatable bonds is 6. The number of amides is 2. The zero-order valence-corrected chi connectivity index (χ0v) is 15.3. The van der Waals surface area contributed by atoms with Crippen molar-refractivity contribution >= 4 is 16.1 Å². The highest BCUT2D eigenvalue weighted by molar-refractivity contribution is 7.89. The summed E-state index contributed by atoms with van der Waals surface area (Å²) in [7, 11) is -2.32. The Hall–Kier alpha value is -2.42. The second-order valence-electron chi connectivity index (χ2n) is 5.32. The highest BCUT2D eigenvalue weighted by atomic mass is 32.2. The van der Waals surface area contributed by atoms with Crippen molar-refractivity contribution in [1.29, 1.82) is 0 Å². The van der Waals surface area contributed by atoms with Crippen molar-refractivity contribution in [3.63, 3.8) is 0 Å². The van der Waals surface area contributed by atoms with Crippen LogP contribution in [0.15, 0.2) is 23.1 Å². The monoisotopic (exact) mass is 439 g/mol. The van der Waals surface area contributed by atoms with E-state index in [0.29, 0.717) is 5.32 Å². The van der Waals surface area contributed by atoms with Gasteiger partial charge in [0, 0.05) is 6.07 Å². The summed E-state index contributed by atoms with van der Waals surface area (Å²) in [5.74, 6) is -0.182. The molecule has 0 spiro atoms. The van der Waals surface area contributed by atoms with Crippen LogP contribution >= 0.6 is 0 Å². The van der Waals surface area contributed by atoms with Gasteiger partial charge in [0.25, 0.3) is 10.0 Å². The number of halogens is 6. The number of hydrazine groups is 1. The molecule has 0 heterocycles. The number of nitrogens with one attached hydrogen (secondary N) is 3. The van der Waals surface area contributed by atoms with Crippen molar-refractivity contribution in [2.45, 2.75) is 29.7 Å². The lowest BCUT2D eigenvalue weighted by atomic mass is 10.0. The van der Waals surface area contributed by atoms with E-state index < -0.39 is 38.8 Å². The van der Waals surface area contributed by atoms with E-state index >= 15 is 0 Å². The molecule has 160 valence electrons. The zero-order chi connectivity index (χ0) is 22.0. The van der Waals surface area contributed by atoms with Gasteiger partial charge in [-0.3, -0.25) is 5.43 Å². The third-order valence-corrected chi connectivity index (χ3v) is 4.73. The molecule has 0 saturated carbocycles. The number of ether oxygens (including phenoxy) is 2. The van der Waals surface area contributed by atoms with Crippen molar-refractivity contribution in [3.8, 4) is 11.5 Å². The maximum Gasteiger partial charge on any atom is 0.420 e. The molecule has 1 rings (SSSR count). The van der Waals surface area contributed by atoms with Gasteiger partial charge in [0.2, 0.25) is 5.54 Å². The van der Waals surface area contributed by atoms with E-state index in [1.807, 2.05) is 0 Å². The number of hydrogen-bond donors (Lipinski definition) is 3. The molecule has 0 unspecified atom stereocenters. The van der Waals surface area contributed by atoms with Gasteiger partial charge in [-0.1, -0.05) is 0 Å². The van der Waals surface area contributed by atoms with Crippen molar-refractivity contribution < 1.29 is 49.0 Å². The van der Waals surface area contributed by atoms with Crippen LogP contribution in [0.5, 0.6) is 11.5 Å². The number of alkyl halides is 6. The number of carbonyl (C=O) groups is 1. The number of methoxy groups -OCH3 is 2. The zero-order valence-electron chi connectivity index (χ0n) is 14.4. The topological polar surface area (TPSA) is 106 Å². The van der Waals surface area contributed by atoms with Crippen LogP contribution in [0.25, 0.3) is 0 Å². The Balaban J connectivity index is 3.04. The summed E-state index contributed by atoms with van der Waals surface area (Å²) in [5, 5.41) is 0.666. The highest BCUT2D eigenvalue weighted by Gasteiger charge is 2.68. The van der Waals surface area contributed by atoms with Crippen LogP contribution in [0, 0.1) is 0 Å². The number of hydrogen-bond acceptors (Lipinski definition) is 5. The molecular weight excluding hydrogens is 424 g/mol. The summed E-state index contributed by atoms with van der Waals surface area (Å²) in [6.07, 6.45) is -11.8. The Labute approximate surface area is 155 Å². The SMILES string of the molecule is COc1ccc(OC)c(S(=O)(=O)NNC(=O)NC(C)(C(F)(F)F)C(F)(F)F)c1. The molecule has 0 aliphatic rings. The van der Waals surface area contributed by atoms with Gasteiger partial charge in [-0.2, -0.15) is 26.3 Å². The fraction of sp³-hybridized carbons (Fsp3) is 0.462. The molecule has 0 saturated heterocycles. The average molecular weight is 439 g/mol. The predicted octanol–water partition coefficient (Wildman–Crippen LogP) is 2.08. The summed E-state index contributed by atoms with van der Waals surface area (Å²) >= 11 is 0. The number of benzene rings is 1. The summed E-state index contributed by atoms with van der Waals surface area (Å²) in [6.45, 7) is -0.313. The van der Waals surface area contributed by atoms with Gasteiger partial charge in [0.05, 0.1) is 14.2 Å². The number of carbonyl (C=O) groups excluding carboxylic acids is 1. The summed E-state index contributed by atoms with van der Waals surface area (Å²) in [4.78, 5) is 12.3. The molecule has 0 atom stereocenters. The first-order chi connectivity index (χ1) is 12.6. The predicted molar refractivity (Wildman–Crippen MR) is 82.0 cm³/mol. The third-order valence-electron chi connectivity index (χ3n) is 3.46. The number of urea groups is 1. The van der Waals surface area contributed by atoms with E-state index in [1.54, 1.807) is 0 Å². The van der Waals surface area contributed by atoms with Gasteiger partial charge < -0.3 is 14.8 Å². The minimum atomic E-state index is -5.91. The molecule has 0 fully saturated rings. The van der Waals surface area contributed by atoms with Crippen LogP contribution < -0.4 is 25.0 Å². The summed E-state index contributed by atoms with van der Waals surface area (Å²) in [6, 6.07) is 1.37. The molecule has 0 bridgehead atoms. The van der Waals surface area contributed by atoms with Gasteiger partial charge in [-0.05, 0) is 19.1 Å². The van der Waals surface area contributed by atoms with E-state index in [4.69, 9.17) is 9.47 Å². The van der Waals surface area contributed by atoms with Gasteiger partial charge in [-0.25, -0.2) is 13.2 Å². The first-order valence-electron chi connectivity index (χ1n) is 7.04. The maximum absolute atomic E-state index is 12.8. The Kier molecular flexibility index (Phi) is 6.67. The van der Waals surface area contributed by atoms with E-state index in [0.717, 1.165) is 13.2 Å². The lowest BCUT2D eigenvalue weighted by Crippen LogP contribution is -2.67. The van der Waals surface area contributed by atoms with Gasteiger partial charge in [-0.15, -0.1) is 4.83 Å². The van der Waals surface area contributed by atoms with Gasteiger partial charge in [0.1, 0.15) is 16.4 Å². The molecule has 0 aromatic heterocycles. The normalized spacial score (nSPS) is 13.0. The molecule has 28 heavy (non-hydrogen) atoms. The largest absolute Gasteiger partial charge is 0.497 e. The van der Waals surface area contributed by atoms with Gasteiger partial charge in [0.15, 0.2) is 0 Å². The average Bonchev–Trinajstić information content (AvgIpc) is 2.57. The molecule has 8 nitrogen and oxygen atoms in total. The molecule has 0 radical (unpaired) electrons. The van der Waals surface area contributed by atoms with E-state index in [-0.39, 0.29) is 18.4 Å². The van der Waals surface area contributed by atoms with Crippen LogP contribution in [-0.4, -0.2) is 46.6 Å². The highest BCUT2D eigenvalue weighted by Crippen LogP contribution is 2.42. The molecule has 15 heteroatoms. The molecule has 0 aliphatic heterocycles. The first kappa shape index (κ1) is 23.6. The van der Waals surface area contributed by atoms with Crippen LogP contribution in [0.1, 0.15) is 6.92 Å². The quantitative estimate of drug-likeness (QED) is 0.465. The molecule has 1 aromatic rings. The Morgan fingerprint density at radius 3 is 1.96 bits per heavy atom. The standard InChI is InChI=1S/C13H15F6N3O5S/c1-11(12(14,15)16,13(17,18)19)20-10(23)21-22-28(24,25)9-6-7(26-2)4-5-8(9)27-3/h4-6,22H,1-3H3,(H2,20,21,23). The molecule has 2 amide bonds. The Morgan fingerprint density at radius 1 is 1.00 bits per heavy atom. The molecule has 3 N–H and O–H groups in total. The van der Waals surface area contributed by atoms with Crippen molar-refractivity contribution in [3.05, 3.63) is 18.2 Å². The lowest BCUT2D eigenvalue weighted by Gasteiger charge is -2.34. The molecular formula is C13H15F6N3O5S. The maximum atomic E-state index is 12.8.